The molecule has 0 radical (unpaired) electrons. The van der Waals surface area contributed by atoms with E-state index < -0.39 is 22.0 Å². The Morgan fingerprint density at radius 3 is 2.56 bits per heavy atom. The van der Waals surface area contributed by atoms with Crippen LogP contribution in [0.25, 0.3) is 0 Å². The van der Waals surface area contributed by atoms with E-state index in [0.717, 1.165) is 0 Å². The zero-order valence-corrected chi connectivity index (χ0v) is 16.3. The predicted molar refractivity (Wildman–Crippen MR) is 102 cm³/mol. The molecule has 2 rings (SSSR count). The monoisotopic (exact) mass is 394 g/mol. The van der Waals surface area contributed by atoms with E-state index in [0.29, 0.717) is 11.3 Å². The molecule has 0 aliphatic heterocycles. The Balaban J connectivity index is 2.30. The van der Waals surface area contributed by atoms with Crippen LogP contribution < -0.4 is 5.32 Å². The number of carbonyl (C=O) groups excluding carboxylic acids is 1. The highest BCUT2D eigenvalue weighted by molar-refractivity contribution is 7.89. The minimum atomic E-state index is -3.86. The van der Waals surface area contributed by atoms with Gasteiger partial charge in [0.25, 0.3) is 5.91 Å². The molecular weight excluding hydrogens is 371 g/mol. The summed E-state index contributed by atoms with van der Waals surface area (Å²) in [5, 5.41) is 11.9. The summed E-state index contributed by atoms with van der Waals surface area (Å²) in [6.07, 6.45) is 0. The van der Waals surface area contributed by atoms with E-state index in [-0.39, 0.29) is 29.4 Å². The highest BCUT2D eigenvalue weighted by atomic mass is 32.2. The van der Waals surface area contributed by atoms with Crippen molar-refractivity contribution in [3.05, 3.63) is 59.4 Å². The van der Waals surface area contributed by atoms with Gasteiger partial charge in [0.2, 0.25) is 10.0 Å². The second-order valence-corrected chi connectivity index (χ2v) is 8.08. The van der Waals surface area contributed by atoms with Crippen molar-refractivity contribution in [3.63, 3.8) is 0 Å². The lowest BCUT2D eigenvalue weighted by atomic mass is 10.2. The van der Waals surface area contributed by atoms with Crippen molar-refractivity contribution in [2.24, 2.45) is 0 Å². The number of sulfonamides is 1. The standard InChI is InChI=1S/C19H23FN2O4S/c1-4-22(14(3)12-23)27(25,26)17-7-5-6-15(11-17)19(24)21-16-8-9-18(20)13(2)10-16/h5-11,14,23H,4,12H2,1-3H3,(H,21,24). The van der Waals surface area contributed by atoms with Crippen molar-refractivity contribution in [1.82, 2.24) is 4.31 Å². The van der Waals surface area contributed by atoms with E-state index in [1.165, 1.54) is 46.8 Å². The molecule has 1 atom stereocenters. The number of aliphatic hydroxyl groups is 1. The minimum absolute atomic E-state index is 0.0346. The van der Waals surface area contributed by atoms with Gasteiger partial charge in [-0.1, -0.05) is 13.0 Å². The summed E-state index contributed by atoms with van der Waals surface area (Å²) in [5.74, 6) is -0.880. The number of nitrogens with zero attached hydrogens (tertiary/aromatic N) is 1. The maximum atomic E-state index is 13.3. The van der Waals surface area contributed by atoms with E-state index in [4.69, 9.17) is 0 Å². The Bertz CT molecular complexity index is 931. The first-order valence-electron chi connectivity index (χ1n) is 8.51. The van der Waals surface area contributed by atoms with Gasteiger partial charge >= 0.3 is 0 Å². The van der Waals surface area contributed by atoms with Gasteiger partial charge in [0.1, 0.15) is 5.82 Å². The fourth-order valence-corrected chi connectivity index (χ4v) is 4.35. The van der Waals surface area contributed by atoms with Crippen LogP contribution >= 0.6 is 0 Å². The zero-order valence-electron chi connectivity index (χ0n) is 15.4. The van der Waals surface area contributed by atoms with Crippen LogP contribution in [0.2, 0.25) is 0 Å². The molecule has 146 valence electrons. The largest absolute Gasteiger partial charge is 0.395 e. The molecule has 1 amide bonds. The van der Waals surface area contributed by atoms with Crippen LogP contribution in [0.3, 0.4) is 0 Å². The lowest BCUT2D eigenvalue weighted by Crippen LogP contribution is -2.40. The van der Waals surface area contributed by atoms with Gasteiger partial charge in [-0.15, -0.1) is 0 Å². The van der Waals surface area contributed by atoms with Gasteiger partial charge in [0.15, 0.2) is 0 Å². The normalized spacial score (nSPS) is 12.8. The molecule has 0 aliphatic rings. The van der Waals surface area contributed by atoms with Crippen molar-refractivity contribution in [1.29, 1.82) is 0 Å². The van der Waals surface area contributed by atoms with Gasteiger partial charge in [-0.2, -0.15) is 4.31 Å². The number of nitrogens with one attached hydrogen (secondary N) is 1. The van der Waals surface area contributed by atoms with Gasteiger partial charge in [0, 0.05) is 23.8 Å². The number of benzene rings is 2. The second-order valence-electron chi connectivity index (χ2n) is 6.19. The van der Waals surface area contributed by atoms with Crippen molar-refractivity contribution in [2.45, 2.75) is 31.7 Å². The van der Waals surface area contributed by atoms with Crippen LogP contribution in [0.15, 0.2) is 47.4 Å². The molecule has 0 aliphatic carbocycles. The van der Waals surface area contributed by atoms with Crippen molar-refractivity contribution < 1.29 is 22.7 Å². The van der Waals surface area contributed by atoms with E-state index in [2.05, 4.69) is 5.32 Å². The molecule has 0 heterocycles. The third kappa shape index (κ3) is 4.71. The summed E-state index contributed by atoms with van der Waals surface area (Å²) in [6, 6.07) is 9.26. The molecule has 27 heavy (non-hydrogen) atoms. The Morgan fingerprint density at radius 2 is 1.96 bits per heavy atom. The van der Waals surface area contributed by atoms with Gasteiger partial charge in [0.05, 0.1) is 11.5 Å². The molecule has 0 bridgehead atoms. The molecule has 2 N–H and O–H groups in total. The number of aryl methyl sites for hydroxylation is 1. The first-order chi connectivity index (χ1) is 12.7. The SMILES string of the molecule is CCN(C(C)CO)S(=O)(=O)c1cccc(C(=O)Nc2ccc(F)c(C)c2)c1. The number of carbonyl (C=O) groups is 1. The molecule has 8 heteroatoms. The summed E-state index contributed by atoms with van der Waals surface area (Å²) >= 11 is 0. The third-order valence-electron chi connectivity index (χ3n) is 4.19. The van der Waals surface area contributed by atoms with Crippen LogP contribution in [0, 0.1) is 12.7 Å². The number of anilines is 1. The van der Waals surface area contributed by atoms with Crippen LogP contribution in [0.5, 0.6) is 0 Å². The van der Waals surface area contributed by atoms with Crippen LogP contribution in [0.1, 0.15) is 29.8 Å². The molecule has 0 spiro atoms. The smallest absolute Gasteiger partial charge is 0.255 e. The molecule has 0 saturated heterocycles. The maximum Gasteiger partial charge on any atom is 0.255 e. The van der Waals surface area contributed by atoms with Gasteiger partial charge in [-0.25, -0.2) is 12.8 Å². The molecule has 0 fully saturated rings. The first-order valence-corrected chi connectivity index (χ1v) is 9.95. The molecule has 2 aromatic carbocycles. The Labute approximate surface area is 158 Å². The first kappa shape index (κ1) is 21.0. The molecule has 1 unspecified atom stereocenters. The van der Waals surface area contributed by atoms with Crippen LogP contribution in [-0.4, -0.2) is 42.9 Å². The average molecular weight is 394 g/mol. The number of likely N-dealkylation sites (N-methyl/N-ethyl adjacent to an activating group) is 1. The van der Waals surface area contributed by atoms with Gasteiger partial charge < -0.3 is 10.4 Å². The number of halogens is 1. The summed E-state index contributed by atoms with van der Waals surface area (Å²) in [5.41, 5.74) is 0.961. The van der Waals surface area contributed by atoms with Crippen molar-refractivity contribution in [3.8, 4) is 0 Å². The fraction of sp³-hybridized carbons (Fsp3) is 0.316. The summed E-state index contributed by atoms with van der Waals surface area (Å²) in [7, 11) is -3.86. The van der Waals surface area contributed by atoms with Gasteiger partial charge in [-0.3, -0.25) is 4.79 Å². The van der Waals surface area contributed by atoms with E-state index in [1.807, 2.05) is 0 Å². The number of hydrogen-bond donors (Lipinski definition) is 2. The minimum Gasteiger partial charge on any atom is -0.395 e. The van der Waals surface area contributed by atoms with Crippen LogP contribution in [0.4, 0.5) is 10.1 Å². The number of rotatable bonds is 7. The molecule has 2 aromatic rings. The lowest BCUT2D eigenvalue weighted by Gasteiger charge is -2.25. The Morgan fingerprint density at radius 1 is 1.26 bits per heavy atom. The molecule has 0 saturated carbocycles. The third-order valence-corrected chi connectivity index (χ3v) is 6.27. The van der Waals surface area contributed by atoms with E-state index in [9.17, 15) is 22.7 Å². The fourth-order valence-electron chi connectivity index (χ4n) is 2.67. The molecular formula is C19H23FN2O4S. The highest BCUT2D eigenvalue weighted by Gasteiger charge is 2.27. The molecule has 0 aromatic heterocycles. The quantitative estimate of drug-likeness (QED) is 0.756. The topological polar surface area (TPSA) is 86.7 Å². The Hall–Kier alpha value is -2.29. The number of amides is 1. The predicted octanol–water partition coefficient (Wildman–Crippen LogP) is 2.78. The number of hydrogen-bond acceptors (Lipinski definition) is 4. The second kappa shape index (κ2) is 8.60. The van der Waals surface area contributed by atoms with E-state index >= 15 is 0 Å². The summed E-state index contributed by atoms with van der Waals surface area (Å²) in [4.78, 5) is 12.4. The van der Waals surface area contributed by atoms with Crippen LogP contribution in [-0.2, 0) is 10.0 Å². The van der Waals surface area contributed by atoms with E-state index in [1.54, 1.807) is 20.8 Å². The van der Waals surface area contributed by atoms with Crippen molar-refractivity contribution in [2.75, 3.05) is 18.5 Å². The average Bonchev–Trinajstić information content (AvgIpc) is 2.65. The summed E-state index contributed by atoms with van der Waals surface area (Å²) in [6.45, 7) is 4.75. The summed E-state index contributed by atoms with van der Waals surface area (Å²) < 4.78 is 40.2. The van der Waals surface area contributed by atoms with Crippen molar-refractivity contribution >= 4 is 21.6 Å². The zero-order chi connectivity index (χ0) is 20.2. The Kier molecular flexibility index (Phi) is 6.69. The lowest BCUT2D eigenvalue weighted by molar-refractivity contribution is 0.102. The highest BCUT2D eigenvalue weighted by Crippen LogP contribution is 2.20. The van der Waals surface area contributed by atoms with Gasteiger partial charge in [-0.05, 0) is 55.8 Å². The number of aliphatic hydroxyl groups excluding tert-OH is 1. The molecule has 6 nitrogen and oxygen atoms in total. The maximum absolute atomic E-state index is 13.3.